The number of hydrogen-bond acceptors (Lipinski definition) is 5. The van der Waals surface area contributed by atoms with E-state index in [1.54, 1.807) is 6.07 Å². The van der Waals surface area contributed by atoms with Crippen LogP contribution < -0.4 is 10.5 Å². The highest BCUT2D eigenvalue weighted by Crippen LogP contribution is 2.30. The second-order valence-corrected chi connectivity index (χ2v) is 4.07. The number of nitrogens with zero attached hydrogens (tertiary/aromatic N) is 1. The number of rotatable bonds is 6. The van der Waals surface area contributed by atoms with E-state index in [1.807, 2.05) is 6.92 Å². The fraction of sp³-hybridized carbons (Fsp3) is 0.500. The van der Waals surface area contributed by atoms with Gasteiger partial charge in [0.15, 0.2) is 5.75 Å². The van der Waals surface area contributed by atoms with E-state index in [0.29, 0.717) is 12.0 Å². The van der Waals surface area contributed by atoms with Gasteiger partial charge in [-0.25, -0.2) is 0 Å². The minimum Gasteiger partial charge on any atom is -0.490 e. The van der Waals surface area contributed by atoms with Crippen LogP contribution in [0.4, 0.5) is 5.69 Å². The van der Waals surface area contributed by atoms with Gasteiger partial charge in [0.2, 0.25) is 0 Å². The molecule has 0 radical (unpaired) electrons. The van der Waals surface area contributed by atoms with E-state index in [1.165, 1.54) is 19.2 Å². The number of halogens is 1. The maximum Gasteiger partial charge on any atom is 0.311 e. The van der Waals surface area contributed by atoms with Crippen molar-refractivity contribution in [3.8, 4) is 5.75 Å². The zero-order valence-corrected chi connectivity index (χ0v) is 11.7. The van der Waals surface area contributed by atoms with Crippen molar-refractivity contribution in [3.05, 3.63) is 33.9 Å². The Morgan fingerprint density at radius 2 is 2.16 bits per heavy atom. The maximum absolute atomic E-state index is 10.9. The first-order valence-corrected chi connectivity index (χ1v) is 5.77. The molecule has 0 aliphatic rings. The molecule has 0 saturated heterocycles. The molecule has 19 heavy (non-hydrogen) atoms. The van der Waals surface area contributed by atoms with E-state index in [-0.39, 0.29) is 23.8 Å². The van der Waals surface area contributed by atoms with Crippen molar-refractivity contribution in [2.24, 2.45) is 5.73 Å². The molecule has 0 saturated carbocycles. The number of nitrogens with two attached hydrogens (primary N) is 1. The van der Waals surface area contributed by atoms with E-state index in [2.05, 4.69) is 0 Å². The topological polar surface area (TPSA) is 98.6 Å². The third kappa shape index (κ3) is 4.34. The van der Waals surface area contributed by atoms with Gasteiger partial charge >= 0.3 is 5.69 Å². The molecule has 0 fully saturated rings. The van der Waals surface area contributed by atoms with Crippen molar-refractivity contribution in [1.29, 1.82) is 0 Å². The summed E-state index contributed by atoms with van der Waals surface area (Å²) in [6.07, 6.45) is 0.650. The van der Waals surface area contributed by atoms with Crippen LogP contribution in [0.1, 0.15) is 31.4 Å². The molecule has 0 aliphatic heterocycles. The molecule has 1 aromatic rings. The number of nitro groups is 1. The first-order chi connectivity index (χ1) is 8.51. The Kier molecular flexibility index (Phi) is 7.36. The summed E-state index contributed by atoms with van der Waals surface area (Å²) in [5.41, 5.74) is 6.26. The van der Waals surface area contributed by atoms with Gasteiger partial charge < -0.3 is 15.6 Å². The van der Waals surface area contributed by atoms with Crippen molar-refractivity contribution < 1.29 is 14.8 Å². The Morgan fingerprint density at radius 1 is 1.53 bits per heavy atom. The predicted molar refractivity (Wildman–Crippen MR) is 74.7 cm³/mol. The van der Waals surface area contributed by atoms with Gasteiger partial charge in [-0.05, 0) is 18.1 Å². The highest BCUT2D eigenvalue weighted by molar-refractivity contribution is 5.85. The SMILES string of the molecule is CCC[C@@H](O)[C@@H](N)c1ccc(OC)c([N+](=O)[O-])c1.Cl. The summed E-state index contributed by atoms with van der Waals surface area (Å²) in [5, 5.41) is 20.7. The molecule has 2 atom stereocenters. The summed E-state index contributed by atoms with van der Waals surface area (Å²) in [6, 6.07) is 3.85. The lowest BCUT2D eigenvalue weighted by Crippen LogP contribution is -2.26. The smallest absolute Gasteiger partial charge is 0.311 e. The number of aliphatic hydroxyl groups is 1. The highest BCUT2D eigenvalue weighted by atomic mass is 35.5. The zero-order chi connectivity index (χ0) is 13.7. The van der Waals surface area contributed by atoms with Crippen molar-refractivity contribution in [1.82, 2.24) is 0 Å². The summed E-state index contributed by atoms with van der Waals surface area (Å²) in [4.78, 5) is 10.3. The van der Waals surface area contributed by atoms with Gasteiger partial charge in [0.1, 0.15) is 0 Å². The number of aliphatic hydroxyl groups excluding tert-OH is 1. The molecule has 0 amide bonds. The van der Waals surface area contributed by atoms with Crippen LogP contribution in [0.5, 0.6) is 5.75 Å². The van der Waals surface area contributed by atoms with Crippen molar-refractivity contribution >= 4 is 18.1 Å². The van der Waals surface area contributed by atoms with Gasteiger partial charge in [-0.3, -0.25) is 10.1 Å². The zero-order valence-electron chi connectivity index (χ0n) is 10.9. The average Bonchev–Trinajstić information content (AvgIpc) is 2.37. The molecular weight excluding hydrogens is 272 g/mol. The minimum absolute atomic E-state index is 0. The van der Waals surface area contributed by atoms with E-state index in [0.717, 1.165) is 6.42 Å². The van der Waals surface area contributed by atoms with Crippen molar-refractivity contribution in [3.63, 3.8) is 0 Å². The monoisotopic (exact) mass is 290 g/mol. The van der Waals surface area contributed by atoms with E-state index in [4.69, 9.17) is 10.5 Å². The number of ether oxygens (including phenoxy) is 1. The molecule has 6 nitrogen and oxygen atoms in total. The molecular formula is C12H19ClN2O4. The number of methoxy groups -OCH3 is 1. The van der Waals surface area contributed by atoms with E-state index >= 15 is 0 Å². The van der Waals surface area contributed by atoms with Crippen LogP contribution in [0.2, 0.25) is 0 Å². The lowest BCUT2D eigenvalue weighted by molar-refractivity contribution is -0.385. The van der Waals surface area contributed by atoms with Gasteiger partial charge in [0, 0.05) is 6.07 Å². The largest absolute Gasteiger partial charge is 0.490 e. The Bertz CT molecular complexity index is 428. The molecule has 0 spiro atoms. The van der Waals surface area contributed by atoms with Gasteiger partial charge in [0.05, 0.1) is 24.2 Å². The molecule has 3 N–H and O–H groups in total. The predicted octanol–water partition coefficient (Wildman–Crippen LogP) is 2.19. The first kappa shape index (κ1) is 17.6. The van der Waals surface area contributed by atoms with E-state index < -0.39 is 17.1 Å². The Labute approximate surface area is 118 Å². The molecule has 7 heteroatoms. The maximum atomic E-state index is 10.9. The lowest BCUT2D eigenvalue weighted by Gasteiger charge is -2.18. The van der Waals surface area contributed by atoms with Crippen LogP contribution in [0.15, 0.2) is 18.2 Å². The average molecular weight is 291 g/mol. The van der Waals surface area contributed by atoms with Gasteiger partial charge in [0.25, 0.3) is 0 Å². The summed E-state index contributed by atoms with van der Waals surface area (Å²) in [7, 11) is 1.37. The molecule has 1 aromatic carbocycles. The standard InChI is InChI=1S/C12H18N2O4.ClH/c1-3-4-10(15)12(13)8-5-6-11(18-2)9(7-8)14(16)17;/h5-7,10,12,15H,3-4,13H2,1-2H3;1H/t10-,12+;/m1./s1. The molecule has 108 valence electrons. The Hall–Kier alpha value is -1.37. The van der Waals surface area contributed by atoms with Gasteiger partial charge in [-0.15, -0.1) is 12.4 Å². The number of nitro benzene ring substituents is 1. The van der Waals surface area contributed by atoms with E-state index in [9.17, 15) is 15.2 Å². The van der Waals surface area contributed by atoms with Crippen LogP contribution in [0.3, 0.4) is 0 Å². The molecule has 0 aromatic heterocycles. The van der Waals surface area contributed by atoms with Crippen LogP contribution in [0.25, 0.3) is 0 Å². The normalized spacial score (nSPS) is 13.3. The quantitative estimate of drug-likeness (QED) is 0.618. The Balaban J connectivity index is 0.00000324. The number of hydrogen-bond donors (Lipinski definition) is 2. The summed E-state index contributed by atoms with van der Waals surface area (Å²) >= 11 is 0. The molecule has 0 bridgehead atoms. The first-order valence-electron chi connectivity index (χ1n) is 5.77. The minimum atomic E-state index is -0.706. The third-order valence-electron chi connectivity index (χ3n) is 2.78. The third-order valence-corrected chi connectivity index (χ3v) is 2.78. The van der Waals surface area contributed by atoms with Crippen LogP contribution in [0, 0.1) is 10.1 Å². The summed E-state index contributed by atoms with van der Waals surface area (Å²) in [6.45, 7) is 1.94. The van der Waals surface area contributed by atoms with Crippen molar-refractivity contribution in [2.75, 3.05) is 7.11 Å². The van der Waals surface area contributed by atoms with Crippen molar-refractivity contribution in [2.45, 2.75) is 31.9 Å². The molecule has 0 heterocycles. The summed E-state index contributed by atoms with van der Waals surface area (Å²) in [5.74, 6) is 0.181. The van der Waals surface area contributed by atoms with Crippen LogP contribution >= 0.6 is 12.4 Å². The molecule has 1 rings (SSSR count). The van der Waals surface area contributed by atoms with Crippen LogP contribution in [-0.4, -0.2) is 23.2 Å². The second kappa shape index (κ2) is 7.93. The van der Waals surface area contributed by atoms with Crippen LogP contribution in [-0.2, 0) is 0 Å². The van der Waals surface area contributed by atoms with Gasteiger partial charge in [-0.1, -0.05) is 19.4 Å². The summed E-state index contributed by atoms with van der Waals surface area (Å²) < 4.78 is 4.90. The fourth-order valence-electron chi connectivity index (χ4n) is 1.75. The highest BCUT2D eigenvalue weighted by Gasteiger charge is 2.21. The fourth-order valence-corrected chi connectivity index (χ4v) is 1.75. The second-order valence-electron chi connectivity index (χ2n) is 4.07. The molecule has 0 aliphatic carbocycles. The number of benzene rings is 1. The molecule has 0 unspecified atom stereocenters. The van der Waals surface area contributed by atoms with Gasteiger partial charge in [-0.2, -0.15) is 0 Å². The lowest BCUT2D eigenvalue weighted by atomic mass is 9.98. The Morgan fingerprint density at radius 3 is 2.63 bits per heavy atom.